The van der Waals surface area contributed by atoms with Crippen LogP contribution in [0.2, 0.25) is 0 Å². The molecular weight excluding hydrogens is 817 g/mol. The first kappa shape index (κ1) is 63.1. The fourth-order valence-corrected chi connectivity index (χ4v) is 7.96. The first-order valence-electron chi connectivity index (χ1n) is 28.3. The zero-order valence-electron chi connectivity index (χ0n) is 43.7. The average molecular weight is 924 g/mol. The van der Waals surface area contributed by atoms with Crippen LogP contribution in [-0.4, -0.2) is 37.2 Å². The van der Waals surface area contributed by atoms with E-state index in [0.717, 1.165) is 64.2 Å². The first-order valence-corrected chi connectivity index (χ1v) is 28.3. The summed E-state index contributed by atoms with van der Waals surface area (Å²) in [5, 5.41) is 0. The summed E-state index contributed by atoms with van der Waals surface area (Å²) in [6.07, 6.45) is 67.8. The van der Waals surface area contributed by atoms with Gasteiger partial charge in [-0.05, 0) is 83.5 Å². The van der Waals surface area contributed by atoms with Gasteiger partial charge in [-0.2, -0.15) is 0 Å². The molecule has 0 heterocycles. The van der Waals surface area contributed by atoms with Crippen LogP contribution in [0.3, 0.4) is 0 Å². The van der Waals surface area contributed by atoms with Gasteiger partial charge in [0.2, 0.25) is 0 Å². The van der Waals surface area contributed by atoms with Crippen molar-refractivity contribution in [2.75, 3.05) is 13.2 Å². The van der Waals surface area contributed by atoms with Crippen LogP contribution in [0.25, 0.3) is 0 Å². The van der Waals surface area contributed by atoms with Crippen LogP contribution in [0.15, 0.2) is 60.8 Å². The van der Waals surface area contributed by atoms with E-state index in [2.05, 4.69) is 81.5 Å². The highest BCUT2D eigenvalue weighted by Gasteiger charge is 2.19. The van der Waals surface area contributed by atoms with E-state index in [-0.39, 0.29) is 37.5 Å². The number of carbonyl (C=O) groups is 3. The Morgan fingerprint density at radius 1 is 0.303 bits per heavy atom. The summed E-state index contributed by atoms with van der Waals surface area (Å²) < 4.78 is 16.8. The third kappa shape index (κ3) is 52.1. The van der Waals surface area contributed by atoms with Crippen molar-refractivity contribution in [3.63, 3.8) is 0 Å². The van der Waals surface area contributed by atoms with Crippen molar-refractivity contribution < 1.29 is 28.6 Å². The highest BCUT2D eigenvalue weighted by molar-refractivity contribution is 5.71. The number of esters is 3. The van der Waals surface area contributed by atoms with Gasteiger partial charge < -0.3 is 14.2 Å². The Morgan fingerprint density at radius 2 is 0.561 bits per heavy atom. The molecule has 0 fully saturated rings. The Morgan fingerprint density at radius 3 is 0.955 bits per heavy atom. The third-order valence-corrected chi connectivity index (χ3v) is 12.2. The third-order valence-electron chi connectivity index (χ3n) is 12.2. The van der Waals surface area contributed by atoms with Crippen molar-refractivity contribution in [1.82, 2.24) is 0 Å². The summed E-state index contributed by atoms with van der Waals surface area (Å²) in [5.74, 6) is -0.941. The van der Waals surface area contributed by atoms with Crippen molar-refractivity contribution in [3.8, 4) is 0 Å². The molecule has 1 atom stereocenters. The number of allylic oxidation sites excluding steroid dienone is 10. The Bertz CT molecular complexity index is 1200. The van der Waals surface area contributed by atoms with Gasteiger partial charge in [0.05, 0.1) is 0 Å². The van der Waals surface area contributed by atoms with Gasteiger partial charge in [-0.25, -0.2) is 0 Å². The van der Waals surface area contributed by atoms with E-state index in [0.29, 0.717) is 19.3 Å². The van der Waals surface area contributed by atoms with Crippen molar-refractivity contribution >= 4 is 17.9 Å². The molecule has 0 aliphatic heterocycles. The molecule has 0 aromatic carbocycles. The Hall–Kier alpha value is -2.89. The maximum absolute atomic E-state index is 12.8. The van der Waals surface area contributed by atoms with Crippen LogP contribution in [0.1, 0.15) is 284 Å². The highest BCUT2D eigenvalue weighted by atomic mass is 16.6. The number of rotatable bonds is 51. The normalized spacial score (nSPS) is 12.5. The summed E-state index contributed by atoms with van der Waals surface area (Å²) in [6.45, 7) is 6.58. The van der Waals surface area contributed by atoms with E-state index in [1.54, 1.807) is 0 Å². The molecule has 0 unspecified atom stereocenters. The van der Waals surface area contributed by atoms with Crippen molar-refractivity contribution in [1.29, 1.82) is 0 Å². The number of unbranched alkanes of at least 4 members (excludes halogenated alkanes) is 30. The lowest BCUT2D eigenvalue weighted by atomic mass is 10.0. The largest absolute Gasteiger partial charge is 0.462 e. The zero-order valence-corrected chi connectivity index (χ0v) is 43.7. The number of ether oxygens (including phenoxy) is 3. The maximum atomic E-state index is 12.8. The van der Waals surface area contributed by atoms with Gasteiger partial charge in [0.25, 0.3) is 0 Å². The van der Waals surface area contributed by atoms with E-state index >= 15 is 0 Å². The molecule has 0 aliphatic carbocycles. The number of hydrogen-bond acceptors (Lipinski definition) is 6. The summed E-state index contributed by atoms with van der Waals surface area (Å²) in [4.78, 5) is 38.1. The molecular formula is C60H106O6. The molecule has 0 saturated carbocycles. The maximum Gasteiger partial charge on any atom is 0.306 e. The molecule has 0 aliphatic rings. The summed E-state index contributed by atoms with van der Waals surface area (Å²) in [5.41, 5.74) is 0. The number of hydrogen-bond donors (Lipinski definition) is 0. The lowest BCUT2D eigenvalue weighted by Gasteiger charge is -2.18. The molecule has 382 valence electrons. The van der Waals surface area contributed by atoms with Gasteiger partial charge in [0.15, 0.2) is 6.10 Å². The van der Waals surface area contributed by atoms with Crippen molar-refractivity contribution in [2.45, 2.75) is 290 Å². The molecule has 0 amide bonds. The van der Waals surface area contributed by atoms with Crippen LogP contribution < -0.4 is 0 Å². The van der Waals surface area contributed by atoms with E-state index < -0.39 is 6.10 Å². The first-order chi connectivity index (χ1) is 32.5. The summed E-state index contributed by atoms with van der Waals surface area (Å²) >= 11 is 0. The minimum absolute atomic E-state index is 0.0895. The van der Waals surface area contributed by atoms with Crippen molar-refractivity contribution in [3.05, 3.63) is 60.8 Å². The second-order valence-electron chi connectivity index (χ2n) is 18.8. The second kappa shape index (κ2) is 54.7. The Labute approximate surface area is 409 Å². The fraction of sp³-hybridized carbons (Fsp3) is 0.783. The molecule has 0 spiro atoms. The molecule has 0 aromatic rings. The van der Waals surface area contributed by atoms with Gasteiger partial charge in [-0.15, -0.1) is 0 Å². The number of carbonyl (C=O) groups excluding carboxylic acids is 3. The Kier molecular flexibility index (Phi) is 52.3. The molecule has 6 nitrogen and oxygen atoms in total. The molecule has 0 bridgehead atoms. The molecule has 0 aromatic heterocycles. The lowest BCUT2D eigenvalue weighted by molar-refractivity contribution is -0.167. The van der Waals surface area contributed by atoms with E-state index in [1.807, 2.05) is 0 Å². The smallest absolute Gasteiger partial charge is 0.306 e. The molecule has 0 rings (SSSR count). The Balaban J connectivity index is 4.42. The average Bonchev–Trinajstić information content (AvgIpc) is 3.31. The van der Waals surface area contributed by atoms with Crippen LogP contribution in [0.5, 0.6) is 0 Å². The standard InChI is InChI=1S/C60H106O6/c1-4-7-10-13-16-19-22-25-27-29-30-32-34-36-39-42-45-48-51-54-60(63)66-57(55-64-58(61)52-49-46-43-40-37-24-21-18-15-12-9-6-3)56-65-59(62)53-50-47-44-41-38-35-33-31-28-26-23-20-17-14-11-8-5-2/h17,20,25-28,33,35,41,44,57H,4-16,18-19,21-24,29-32,34,36-40,42-43,45-56H2,1-3H3/b20-17-,27-25-,28-26-,35-33-,44-41-/t57-/m0/s1. The van der Waals surface area contributed by atoms with E-state index in [9.17, 15) is 14.4 Å². The van der Waals surface area contributed by atoms with Gasteiger partial charge in [0.1, 0.15) is 13.2 Å². The minimum Gasteiger partial charge on any atom is -0.462 e. The van der Waals surface area contributed by atoms with Crippen molar-refractivity contribution in [2.24, 2.45) is 0 Å². The van der Waals surface area contributed by atoms with Crippen LogP contribution >= 0.6 is 0 Å². The molecule has 0 N–H and O–H groups in total. The van der Waals surface area contributed by atoms with Gasteiger partial charge in [-0.3, -0.25) is 14.4 Å². The predicted molar refractivity (Wildman–Crippen MR) is 284 cm³/mol. The molecule has 6 heteroatoms. The van der Waals surface area contributed by atoms with Gasteiger partial charge in [0, 0.05) is 19.3 Å². The fourth-order valence-electron chi connectivity index (χ4n) is 7.96. The second-order valence-corrected chi connectivity index (χ2v) is 18.8. The highest BCUT2D eigenvalue weighted by Crippen LogP contribution is 2.15. The lowest BCUT2D eigenvalue weighted by Crippen LogP contribution is -2.30. The summed E-state index contributed by atoms with van der Waals surface area (Å²) in [7, 11) is 0. The monoisotopic (exact) mass is 923 g/mol. The van der Waals surface area contributed by atoms with Gasteiger partial charge >= 0.3 is 17.9 Å². The van der Waals surface area contributed by atoms with Crippen LogP contribution in [-0.2, 0) is 28.6 Å². The SMILES string of the molecule is CCCCC/C=C\C/C=C\C/C=C\C/C=C\CCCC(=O)OC[C@H](COC(=O)CCCCCCCCCCCCCC)OC(=O)CCCCCCCCCCC/C=C\CCCCCCCC. The van der Waals surface area contributed by atoms with Gasteiger partial charge in [-0.1, -0.05) is 242 Å². The minimum atomic E-state index is -0.795. The topological polar surface area (TPSA) is 78.9 Å². The zero-order chi connectivity index (χ0) is 47.9. The van der Waals surface area contributed by atoms with Crippen LogP contribution in [0, 0.1) is 0 Å². The van der Waals surface area contributed by atoms with E-state index in [1.165, 1.54) is 173 Å². The van der Waals surface area contributed by atoms with Crippen LogP contribution in [0.4, 0.5) is 0 Å². The molecule has 0 saturated heterocycles. The quantitative estimate of drug-likeness (QED) is 0.0262. The molecule has 0 radical (unpaired) electrons. The molecule has 66 heavy (non-hydrogen) atoms. The van der Waals surface area contributed by atoms with E-state index in [4.69, 9.17) is 14.2 Å². The summed E-state index contributed by atoms with van der Waals surface area (Å²) in [6, 6.07) is 0. The predicted octanol–water partition coefficient (Wildman–Crippen LogP) is 18.8.